The van der Waals surface area contributed by atoms with Gasteiger partial charge in [-0.1, -0.05) is 23.7 Å². The van der Waals surface area contributed by atoms with Gasteiger partial charge in [-0.2, -0.15) is 0 Å². The van der Waals surface area contributed by atoms with Gasteiger partial charge in [0.25, 0.3) is 11.8 Å². The molecule has 27 heavy (non-hydrogen) atoms. The predicted molar refractivity (Wildman–Crippen MR) is 105 cm³/mol. The van der Waals surface area contributed by atoms with Crippen LogP contribution in [0.3, 0.4) is 0 Å². The molecule has 0 spiro atoms. The van der Waals surface area contributed by atoms with Crippen LogP contribution in [0.25, 0.3) is 10.1 Å². The van der Waals surface area contributed by atoms with E-state index in [2.05, 4.69) is 10.6 Å². The minimum absolute atomic E-state index is 0.0719. The molecule has 1 fully saturated rings. The van der Waals surface area contributed by atoms with Crippen molar-refractivity contribution < 1.29 is 14.0 Å². The summed E-state index contributed by atoms with van der Waals surface area (Å²) in [5, 5.41) is 6.75. The van der Waals surface area contributed by atoms with Gasteiger partial charge in [-0.25, -0.2) is 4.39 Å². The lowest BCUT2D eigenvalue weighted by molar-refractivity contribution is 0.0943. The van der Waals surface area contributed by atoms with Crippen molar-refractivity contribution in [2.75, 3.05) is 0 Å². The molecule has 1 heterocycles. The molecular weight excluding hydrogens is 387 g/mol. The summed E-state index contributed by atoms with van der Waals surface area (Å²) in [6.45, 7) is 0.308. The molecule has 0 saturated heterocycles. The van der Waals surface area contributed by atoms with Crippen LogP contribution in [0.4, 0.5) is 4.39 Å². The van der Waals surface area contributed by atoms with Gasteiger partial charge in [0, 0.05) is 28.2 Å². The first-order chi connectivity index (χ1) is 13.0. The number of hydrogen-bond donors (Lipinski definition) is 2. The van der Waals surface area contributed by atoms with Crippen molar-refractivity contribution in [2.45, 2.75) is 25.4 Å². The SMILES string of the molecule is O=C(NC1CC1)c1ccc(CNC(=O)c2sc3cc(F)ccc3c2Cl)cc1. The zero-order valence-electron chi connectivity index (χ0n) is 14.2. The fraction of sp³-hybridized carbons (Fsp3) is 0.200. The van der Waals surface area contributed by atoms with Crippen LogP contribution in [0.15, 0.2) is 42.5 Å². The van der Waals surface area contributed by atoms with Crippen LogP contribution in [0, 0.1) is 5.82 Å². The van der Waals surface area contributed by atoms with Crippen LogP contribution in [0.2, 0.25) is 5.02 Å². The van der Waals surface area contributed by atoms with Gasteiger partial charge in [0.05, 0.1) is 5.02 Å². The van der Waals surface area contributed by atoms with Crippen molar-refractivity contribution >= 4 is 44.8 Å². The van der Waals surface area contributed by atoms with Crippen LogP contribution in [0.5, 0.6) is 0 Å². The number of benzene rings is 2. The number of fused-ring (bicyclic) bond motifs is 1. The quantitative estimate of drug-likeness (QED) is 0.659. The lowest BCUT2D eigenvalue weighted by Gasteiger charge is -2.06. The van der Waals surface area contributed by atoms with Gasteiger partial charge in [0.15, 0.2) is 0 Å². The second-order valence-electron chi connectivity index (χ2n) is 6.51. The molecule has 7 heteroatoms. The summed E-state index contributed by atoms with van der Waals surface area (Å²) in [5.41, 5.74) is 1.47. The first-order valence-electron chi connectivity index (χ1n) is 8.57. The number of amides is 2. The van der Waals surface area contributed by atoms with Crippen molar-refractivity contribution in [1.29, 1.82) is 0 Å². The first kappa shape index (κ1) is 17.9. The van der Waals surface area contributed by atoms with Crippen molar-refractivity contribution in [1.82, 2.24) is 10.6 Å². The Morgan fingerprint density at radius 1 is 1.11 bits per heavy atom. The smallest absolute Gasteiger partial charge is 0.263 e. The van der Waals surface area contributed by atoms with Crippen LogP contribution in [-0.2, 0) is 6.54 Å². The number of nitrogens with one attached hydrogen (secondary N) is 2. The highest BCUT2D eigenvalue weighted by Gasteiger charge is 2.23. The molecular formula is C20H16ClFN2O2S. The van der Waals surface area contributed by atoms with Crippen LogP contribution < -0.4 is 10.6 Å². The lowest BCUT2D eigenvalue weighted by Crippen LogP contribution is -2.25. The van der Waals surface area contributed by atoms with Gasteiger partial charge in [0.2, 0.25) is 0 Å². The second-order valence-corrected chi connectivity index (χ2v) is 7.94. The van der Waals surface area contributed by atoms with Gasteiger partial charge < -0.3 is 10.6 Å². The van der Waals surface area contributed by atoms with E-state index < -0.39 is 0 Å². The monoisotopic (exact) mass is 402 g/mol. The van der Waals surface area contributed by atoms with E-state index in [4.69, 9.17) is 11.6 Å². The standard InChI is InChI=1S/C20H16ClFN2O2S/c21-17-15-8-5-13(22)9-16(15)27-18(17)20(26)23-10-11-1-3-12(4-2-11)19(25)24-14-6-7-14/h1-5,8-9,14H,6-7,10H2,(H,23,26)(H,24,25). The third-order valence-electron chi connectivity index (χ3n) is 4.38. The number of carbonyl (C=O) groups is 2. The van der Waals surface area contributed by atoms with Crippen molar-refractivity contribution in [2.24, 2.45) is 0 Å². The Kier molecular flexibility index (Phi) is 4.85. The van der Waals surface area contributed by atoms with Crippen molar-refractivity contribution in [3.8, 4) is 0 Å². The summed E-state index contributed by atoms with van der Waals surface area (Å²) in [5.74, 6) is -0.743. The van der Waals surface area contributed by atoms with Gasteiger partial charge in [0.1, 0.15) is 10.7 Å². The normalized spacial score (nSPS) is 13.6. The maximum absolute atomic E-state index is 13.3. The average Bonchev–Trinajstić information content (AvgIpc) is 3.42. The molecule has 1 aliphatic carbocycles. The Labute approximate surface area is 164 Å². The van der Waals surface area contributed by atoms with Crippen LogP contribution in [-0.4, -0.2) is 17.9 Å². The molecule has 138 valence electrons. The van der Waals surface area contributed by atoms with E-state index in [1.54, 1.807) is 18.2 Å². The fourth-order valence-electron chi connectivity index (χ4n) is 2.72. The molecule has 2 N–H and O–H groups in total. The Balaban J connectivity index is 1.41. The highest BCUT2D eigenvalue weighted by Crippen LogP contribution is 2.35. The highest BCUT2D eigenvalue weighted by atomic mass is 35.5. The van der Waals surface area contributed by atoms with Crippen LogP contribution >= 0.6 is 22.9 Å². The topological polar surface area (TPSA) is 58.2 Å². The van der Waals surface area contributed by atoms with E-state index in [0.717, 1.165) is 29.7 Å². The maximum Gasteiger partial charge on any atom is 0.263 e. The summed E-state index contributed by atoms with van der Waals surface area (Å²) in [6, 6.07) is 11.7. The Hall–Kier alpha value is -2.44. The Morgan fingerprint density at radius 3 is 2.56 bits per heavy atom. The van der Waals surface area contributed by atoms with E-state index in [1.807, 2.05) is 12.1 Å². The maximum atomic E-state index is 13.3. The molecule has 2 amide bonds. The van der Waals surface area contributed by atoms with E-state index in [9.17, 15) is 14.0 Å². The number of thiophene rings is 1. The Morgan fingerprint density at radius 2 is 1.85 bits per heavy atom. The zero-order chi connectivity index (χ0) is 19.0. The van der Waals surface area contributed by atoms with Crippen LogP contribution in [0.1, 0.15) is 38.4 Å². The molecule has 4 rings (SSSR count). The highest BCUT2D eigenvalue weighted by molar-refractivity contribution is 7.21. The molecule has 0 radical (unpaired) electrons. The van der Waals surface area contributed by atoms with Gasteiger partial charge in [-0.05, 0) is 48.7 Å². The zero-order valence-corrected chi connectivity index (χ0v) is 15.8. The fourth-order valence-corrected chi connectivity index (χ4v) is 4.18. The number of halogens is 2. The summed E-state index contributed by atoms with van der Waals surface area (Å²) < 4.78 is 14.0. The summed E-state index contributed by atoms with van der Waals surface area (Å²) in [6.07, 6.45) is 2.09. The van der Waals surface area contributed by atoms with E-state index in [0.29, 0.717) is 38.1 Å². The average molecular weight is 403 g/mol. The molecule has 1 saturated carbocycles. The molecule has 3 aromatic rings. The van der Waals surface area contributed by atoms with E-state index in [-0.39, 0.29) is 17.6 Å². The molecule has 0 unspecified atom stereocenters. The molecule has 1 aromatic heterocycles. The molecule has 1 aliphatic rings. The van der Waals surface area contributed by atoms with Crippen molar-refractivity contribution in [3.63, 3.8) is 0 Å². The molecule has 2 aromatic carbocycles. The number of rotatable bonds is 5. The molecule has 0 bridgehead atoms. The minimum atomic E-state index is -0.363. The Bertz CT molecular complexity index is 1030. The summed E-state index contributed by atoms with van der Waals surface area (Å²) in [4.78, 5) is 24.8. The lowest BCUT2D eigenvalue weighted by atomic mass is 10.1. The van der Waals surface area contributed by atoms with Crippen molar-refractivity contribution in [3.05, 3.63) is 69.3 Å². The van der Waals surface area contributed by atoms with Gasteiger partial charge in [-0.15, -0.1) is 11.3 Å². The molecule has 4 nitrogen and oxygen atoms in total. The van der Waals surface area contributed by atoms with E-state index in [1.165, 1.54) is 12.1 Å². The largest absolute Gasteiger partial charge is 0.349 e. The molecule has 0 aliphatic heterocycles. The molecule has 0 atom stereocenters. The minimum Gasteiger partial charge on any atom is -0.349 e. The van der Waals surface area contributed by atoms with Gasteiger partial charge >= 0.3 is 0 Å². The van der Waals surface area contributed by atoms with Gasteiger partial charge in [-0.3, -0.25) is 9.59 Å². The first-order valence-corrected chi connectivity index (χ1v) is 9.76. The number of carbonyl (C=O) groups excluding carboxylic acids is 2. The predicted octanol–water partition coefficient (Wildman–Crippen LogP) is 4.52. The third-order valence-corrected chi connectivity index (χ3v) is 6.04. The number of hydrogen-bond acceptors (Lipinski definition) is 3. The third kappa shape index (κ3) is 3.96. The van der Waals surface area contributed by atoms with E-state index >= 15 is 0 Å². The summed E-state index contributed by atoms with van der Waals surface area (Å²) >= 11 is 7.43. The second kappa shape index (κ2) is 7.29. The summed E-state index contributed by atoms with van der Waals surface area (Å²) in [7, 11) is 0.